The molecule has 3 nitrogen and oxygen atoms in total. The maximum Gasteiger partial charge on any atom is 0.251 e. The first-order valence-electron chi connectivity index (χ1n) is 6.08. The number of fused-ring (bicyclic) bond motifs is 1. The van der Waals surface area contributed by atoms with E-state index in [2.05, 4.69) is 23.3 Å². The molecular formula is C14H18N2O. The Morgan fingerprint density at radius 1 is 1.35 bits per heavy atom. The molecule has 0 aliphatic rings. The molecule has 2 rings (SSSR count). The van der Waals surface area contributed by atoms with Gasteiger partial charge in [-0.25, -0.2) is 0 Å². The molecule has 0 atom stereocenters. The third-order valence-electron chi connectivity index (χ3n) is 2.83. The summed E-state index contributed by atoms with van der Waals surface area (Å²) in [6, 6.07) is 7.80. The van der Waals surface area contributed by atoms with Gasteiger partial charge < -0.3 is 10.3 Å². The van der Waals surface area contributed by atoms with Gasteiger partial charge in [-0.15, -0.1) is 0 Å². The number of aryl methyl sites for hydroxylation is 1. The highest BCUT2D eigenvalue weighted by atomic mass is 16.1. The number of unbranched alkanes of at least 4 members (excludes halogenated alkanes) is 1. The van der Waals surface area contributed by atoms with Crippen molar-refractivity contribution in [1.29, 1.82) is 0 Å². The number of aromatic amines is 1. The van der Waals surface area contributed by atoms with Crippen LogP contribution >= 0.6 is 0 Å². The van der Waals surface area contributed by atoms with Crippen molar-refractivity contribution in [3.05, 3.63) is 35.5 Å². The van der Waals surface area contributed by atoms with Gasteiger partial charge in [0.05, 0.1) is 0 Å². The summed E-state index contributed by atoms with van der Waals surface area (Å²) in [5, 5.41) is 4.01. The van der Waals surface area contributed by atoms with E-state index < -0.39 is 0 Å². The van der Waals surface area contributed by atoms with Crippen LogP contribution in [-0.2, 0) is 0 Å². The molecule has 0 saturated heterocycles. The zero-order chi connectivity index (χ0) is 12.3. The third kappa shape index (κ3) is 2.67. The number of benzene rings is 1. The lowest BCUT2D eigenvalue weighted by Gasteiger charge is -2.04. The van der Waals surface area contributed by atoms with Crippen LogP contribution in [0.15, 0.2) is 24.3 Å². The zero-order valence-corrected chi connectivity index (χ0v) is 10.3. The molecule has 0 radical (unpaired) electrons. The molecule has 1 amide bonds. The topological polar surface area (TPSA) is 44.9 Å². The average molecular weight is 230 g/mol. The third-order valence-corrected chi connectivity index (χ3v) is 2.83. The van der Waals surface area contributed by atoms with Crippen molar-refractivity contribution in [2.24, 2.45) is 0 Å². The van der Waals surface area contributed by atoms with Gasteiger partial charge in [-0.1, -0.05) is 13.3 Å². The fourth-order valence-corrected chi connectivity index (χ4v) is 1.90. The Kier molecular flexibility index (Phi) is 3.47. The molecule has 0 unspecified atom stereocenters. The first-order valence-corrected chi connectivity index (χ1v) is 6.08. The largest absolute Gasteiger partial charge is 0.359 e. The molecule has 1 aromatic heterocycles. The van der Waals surface area contributed by atoms with Crippen LogP contribution in [0.4, 0.5) is 0 Å². The monoisotopic (exact) mass is 230 g/mol. The summed E-state index contributed by atoms with van der Waals surface area (Å²) in [4.78, 5) is 15.1. The van der Waals surface area contributed by atoms with Crippen LogP contribution in [-0.4, -0.2) is 17.4 Å². The fraction of sp³-hybridized carbons (Fsp3) is 0.357. The molecule has 2 aromatic rings. The second-order valence-corrected chi connectivity index (χ2v) is 4.36. The predicted molar refractivity (Wildman–Crippen MR) is 70.3 cm³/mol. The van der Waals surface area contributed by atoms with Crippen LogP contribution < -0.4 is 5.32 Å². The van der Waals surface area contributed by atoms with Gasteiger partial charge in [0.2, 0.25) is 0 Å². The van der Waals surface area contributed by atoms with Gasteiger partial charge in [0.1, 0.15) is 0 Å². The van der Waals surface area contributed by atoms with Crippen molar-refractivity contribution in [2.75, 3.05) is 6.54 Å². The van der Waals surface area contributed by atoms with Crippen LogP contribution in [0.25, 0.3) is 10.9 Å². The first-order chi connectivity index (χ1) is 8.20. The normalized spacial score (nSPS) is 10.7. The van der Waals surface area contributed by atoms with E-state index in [4.69, 9.17) is 0 Å². The lowest BCUT2D eigenvalue weighted by Crippen LogP contribution is -2.24. The Morgan fingerprint density at radius 2 is 2.18 bits per heavy atom. The molecule has 0 spiro atoms. The van der Waals surface area contributed by atoms with Crippen molar-refractivity contribution in [2.45, 2.75) is 26.7 Å². The molecule has 1 aromatic carbocycles. The summed E-state index contributed by atoms with van der Waals surface area (Å²) in [7, 11) is 0. The molecular weight excluding hydrogens is 212 g/mol. The Bertz CT molecular complexity index is 528. The molecule has 2 N–H and O–H groups in total. The summed E-state index contributed by atoms with van der Waals surface area (Å²) >= 11 is 0. The minimum Gasteiger partial charge on any atom is -0.359 e. The lowest BCUT2D eigenvalue weighted by atomic mass is 10.1. The smallest absolute Gasteiger partial charge is 0.251 e. The maximum atomic E-state index is 11.8. The SMILES string of the molecule is CCCCNC(=O)c1ccc2[nH]c(C)cc2c1. The van der Waals surface area contributed by atoms with E-state index >= 15 is 0 Å². The van der Waals surface area contributed by atoms with Gasteiger partial charge in [-0.2, -0.15) is 0 Å². The standard InChI is InChI=1S/C14H18N2O/c1-3-4-7-15-14(17)11-5-6-13-12(9-11)8-10(2)16-13/h5-6,8-9,16H,3-4,7H2,1-2H3,(H,15,17). The van der Waals surface area contributed by atoms with Crippen molar-refractivity contribution >= 4 is 16.8 Å². The maximum absolute atomic E-state index is 11.8. The molecule has 0 aliphatic heterocycles. The van der Waals surface area contributed by atoms with Crippen molar-refractivity contribution in [3.8, 4) is 0 Å². The van der Waals surface area contributed by atoms with Gasteiger partial charge in [0.25, 0.3) is 5.91 Å². The molecule has 1 heterocycles. The van der Waals surface area contributed by atoms with Crippen LogP contribution in [0.5, 0.6) is 0 Å². The molecule has 0 bridgehead atoms. The fourth-order valence-electron chi connectivity index (χ4n) is 1.90. The molecule has 0 aliphatic carbocycles. The van der Waals surface area contributed by atoms with Crippen molar-refractivity contribution < 1.29 is 4.79 Å². The van der Waals surface area contributed by atoms with Crippen LogP contribution in [0.3, 0.4) is 0 Å². The van der Waals surface area contributed by atoms with Gasteiger partial charge in [0, 0.05) is 28.7 Å². The minimum absolute atomic E-state index is 0.0132. The van der Waals surface area contributed by atoms with Gasteiger partial charge >= 0.3 is 0 Å². The summed E-state index contributed by atoms with van der Waals surface area (Å²) < 4.78 is 0. The summed E-state index contributed by atoms with van der Waals surface area (Å²) in [5.41, 5.74) is 2.92. The van der Waals surface area contributed by atoms with Gasteiger partial charge in [-0.05, 0) is 37.6 Å². The molecule has 0 fully saturated rings. The second kappa shape index (κ2) is 5.04. The van der Waals surface area contributed by atoms with Gasteiger partial charge in [0.15, 0.2) is 0 Å². The molecule has 3 heteroatoms. The zero-order valence-electron chi connectivity index (χ0n) is 10.3. The number of hydrogen-bond donors (Lipinski definition) is 2. The minimum atomic E-state index is 0.0132. The van der Waals surface area contributed by atoms with Crippen molar-refractivity contribution in [3.63, 3.8) is 0 Å². The van der Waals surface area contributed by atoms with E-state index in [0.29, 0.717) is 0 Å². The van der Waals surface area contributed by atoms with Crippen LogP contribution in [0.2, 0.25) is 0 Å². The lowest BCUT2D eigenvalue weighted by molar-refractivity contribution is 0.0953. The van der Waals surface area contributed by atoms with E-state index in [1.54, 1.807) is 0 Å². The van der Waals surface area contributed by atoms with E-state index in [1.165, 1.54) is 0 Å². The summed E-state index contributed by atoms with van der Waals surface area (Å²) in [6.45, 7) is 4.88. The van der Waals surface area contributed by atoms with E-state index in [-0.39, 0.29) is 5.91 Å². The van der Waals surface area contributed by atoms with Crippen molar-refractivity contribution in [1.82, 2.24) is 10.3 Å². The highest BCUT2D eigenvalue weighted by molar-refractivity contribution is 5.98. The summed E-state index contributed by atoms with van der Waals surface area (Å²) in [5.74, 6) is 0.0132. The number of aromatic nitrogens is 1. The van der Waals surface area contributed by atoms with Crippen LogP contribution in [0.1, 0.15) is 35.8 Å². The quantitative estimate of drug-likeness (QED) is 0.779. The molecule has 0 saturated carbocycles. The number of rotatable bonds is 4. The Balaban J connectivity index is 2.15. The van der Waals surface area contributed by atoms with E-state index in [1.807, 2.05) is 25.1 Å². The molecule has 17 heavy (non-hydrogen) atoms. The number of carbonyl (C=O) groups is 1. The van der Waals surface area contributed by atoms with E-state index in [0.717, 1.165) is 41.5 Å². The Morgan fingerprint density at radius 3 is 2.94 bits per heavy atom. The Hall–Kier alpha value is -1.77. The number of carbonyl (C=O) groups excluding carboxylic acids is 1. The number of nitrogens with one attached hydrogen (secondary N) is 2. The average Bonchev–Trinajstić information content (AvgIpc) is 2.68. The van der Waals surface area contributed by atoms with Crippen LogP contribution in [0, 0.1) is 6.92 Å². The Labute approximate surface area is 101 Å². The second-order valence-electron chi connectivity index (χ2n) is 4.36. The summed E-state index contributed by atoms with van der Waals surface area (Å²) in [6.07, 6.45) is 2.12. The first kappa shape index (κ1) is 11.7. The number of hydrogen-bond acceptors (Lipinski definition) is 1. The number of H-pyrrole nitrogens is 1. The number of amides is 1. The highest BCUT2D eigenvalue weighted by Crippen LogP contribution is 2.16. The van der Waals surface area contributed by atoms with E-state index in [9.17, 15) is 4.79 Å². The molecule has 90 valence electrons. The predicted octanol–water partition coefficient (Wildman–Crippen LogP) is 3.01. The highest BCUT2D eigenvalue weighted by Gasteiger charge is 2.06. The van der Waals surface area contributed by atoms with Gasteiger partial charge in [-0.3, -0.25) is 4.79 Å².